The molecule has 17 heavy (non-hydrogen) atoms. The molecule has 5 heteroatoms. The average molecular weight is 243 g/mol. The molecule has 0 aliphatic carbocycles. The number of carbonyl (C=O) groups excluding carboxylic acids is 2. The lowest BCUT2D eigenvalue weighted by Gasteiger charge is -2.25. The maximum Gasteiger partial charge on any atom is 0.242 e. The van der Waals surface area contributed by atoms with E-state index in [1.807, 2.05) is 13.8 Å². The van der Waals surface area contributed by atoms with Gasteiger partial charge >= 0.3 is 0 Å². The van der Waals surface area contributed by atoms with Crippen molar-refractivity contribution in [2.24, 2.45) is 5.73 Å². The van der Waals surface area contributed by atoms with E-state index in [-0.39, 0.29) is 24.8 Å². The predicted molar refractivity (Wildman–Crippen MR) is 68.4 cm³/mol. The Kier molecular flexibility index (Phi) is 6.16. The van der Waals surface area contributed by atoms with Crippen molar-refractivity contribution in [2.75, 3.05) is 26.7 Å². The topological polar surface area (TPSA) is 66.6 Å². The van der Waals surface area contributed by atoms with Crippen molar-refractivity contribution >= 4 is 11.8 Å². The zero-order valence-electron chi connectivity index (χ0n) is 11.6. The summed E-state index contributed by atoms with van der Waals surface area (Å²) in [4.78, 5) is 26.7. The number of carbonyl (C=O) groups is 2. The number of rotatable bonds is 6. The summed E-state index contributed by atoms with van der Waals surface area (Å²) in [6.07, 6.45) is 0.245. The molecule has 0 unspecified atom stereocenters. The van der Waals surface area contributed by atoms with E-state index in [9.17, 15) is 9.59 Å². The average Bonchev–Trinajstić information content (AvgIpc) is 2.16. The number of nitrogens with zero attached hydrogens (tertiary/aromatic N) is 2. The molecule has 0 aliphatic heterocycles. The van der Waals surface area contributed by atoms with Crippen molar-refractivity contribution in [3.8, 4) is 0 Å². The second kappa shape index (κ2) is 6.59. The molecule has 0 saturated carbocycles. The first-order valence-corrected chi connectivity index (χ1v) is 6.01. The Balaban J connectivity index is 4.30. The van der Waals surface area contributed by atoms with Crippen molar-refractivity contribution in [3.63, 3.8) is 0 Å². The first-order valence-electron chi connectivity index (χ1n) is 6.01. The molecule has 100 valence electrons. The number of hydrogen-bond acceptors (Lipinski definition) is 3. The van der Waals surface area contributed by atoms with Crippen molar-refractivity contribution in [1.82, 2.24) is 9.80 Å². The fourth-order valence-electron chi connectivity index (χ4n) is 1.49. The molecule has 2 N–H and O–H groups in total. The molecular weight excluding hydrogens is 218 g/mol. The third kappa shape index (κ3) is 6.26. The van der Waals surface area contributed by atoms with Crippen LogP contribution in [0.5, 0.6) is 0 Å². The minimum Gasteiger partial charge on any atom is -0.342 e. The molecular formula is C12H25N3O2. The second-order valence-electron chi connectivity index (χ2n) is 4.98. The van der Waals surface area contributed by atoms with Gasteiger partial charge in [0.2, 0.25) is 11.8 Å². The number of nitrogens with two attached hydrogens (primary N) is 1. The Bertz CT molecular complexity index is 267. The monoisotopic (exact) mass is 243 g/mol. The van der Waals surface area contributed by atoms with Gasteiger partial charge in [0.25, 0.3) is 0 Å². The van der Waals surface area contributed by atoms with Crippen molar-refractivity contribution < 1.29 is 9.59 Å². The lowest BCUT2D eigenvalue weighted by atomic mass is 10.0. The van der Waals surface area contributed by atoms with Crippen LogP contribution in [0.2, 0.25) is 0 Å². The summed E-state index contributed by atoms with van der Waals surface area (Å²) in [6.45, 7) is 8.89. The van der Waals surface area contributed by atoms with Crippen LogP contribution in [0.1, 0.15) is 34.1 Å². The molecule has 0 radical (unpaired) electrons. The van der Waals surface area contributed by atoms with E-state index in [1.165, 1.54) is 4.90 Å². The Hall–Kier alpha value is -1.10. The molecule has 0 aromatic heterocycles. The van der Waals surface area contributed by atoms with Gasteiger partial charge in [0, 0.05) is 32.1 Å². The van der Waals surface area contributed by atoms with Crippen LogP contribution in [0.15, 0.2) is 0 Å². The summed E-state index contributed by atoms with van der Waals surface area (Å²) in [5, 5.41) is 0. The van der Waals surface area contributed by atoms with Gasteiger partial charge in [-0.3, -0.25) is 9.59 Å². The Labute approximate surface area is 104 Å². The second-order valence-corrected chi connectivity index (χ2v) is 4.98. The summed E-state index contributed by atoms with van der Waals surface area (Å²) in [6, 6.07) is 0. The molecule has 0 atom stereocenters. The molecule has 0 saturated heterocycles. The van der Waals surface area contributed by atoms with Gasteiger partial charge in [-0.25, -0.2) is 0 Å². The molecule has 0 rings (SSSR count). The summed E-state index contributed by atoms with van der Waals surface area (Å²) in [7, 11) is 1.63. The normalized spacial score (nSPS) is 11.2. The summed E-state index contributed by atoms with van der Waals surface area (Å²) in [5.41, 5.74) is 5.24. The van der Waals surface area contributed by atoms with Crippen molar-refractivity contribution in [1.29, 1.82) is 0 Å². The van der Waals surface area contributed by atoms with E-state index in [1.54, 1.807) is 25.8 Å². The van der Waals surface area contributed by atoms with Gasteiger partial charge in [-0.15, -0.1) is 0 Å². The lowest BCUT2D eigenvalue weighted by molar-refractivity contribution is -0.139. The van der Waals surface area contributed by atoms with E-state index in [0.717, 1.165) is 0 Å². The first kappa shape index (κ1) is 15.9. The highest BCUT2D eigenvalue weighted by molar-refractivity contribution is 5.85. The van der Waals surface area contributed by atoms with E-state index in [4.69, 9.17) is 5.73 Å². The van der Waals surface area contributed by atoms with Gasteiger partial charge in [-0.1, -0.05) is 0 Å². The van der Waals surface area contributed by atoms with Crippen molar-refractivity contribution in [3.05, 3.63) is 0 Å². The number of hydrogen-bond donors (Lipinski definition) is 1. The molecule has 0 aromatic rings. The summed E-state index contributed by atoms with van der Waals surface area (Å²) >= 11 is 0. The molecule has 0 aromatic carbocycles. The van der Waals surface area contributed by atoms with Crippen LogP contribution in [0.3, 0.4) is 0 Å². The Morgan fingerprint density at radius 1 is 1.12 bits per heavy atom. The molecule has 0 aliphatic rings. The van der Waals surface area contributed by atoms with Crippen LogP contribution in [-0.4, -0.2) is 53.8 Å². The number of amides is 2. The zero-order valence-corrected chi connectivity index (χ0v) is 11.6. The van der Waals surface area contributed by atoms with Gasteiger partial charge < -0.3 is 15.5 Å². The Morgan fingerprint density at radius 2 is 1.59 bits per heavy atom. The molecule has 5 nitrogen and oxygen atoms in total. The maximum absolute atomic E-state index is 11.8. The summed E-state index contributed by atoms with van der Waals surface area (Å²) < 4.78 is 0. The zero-order chi connectivity index (χ0) is 13.6. The SMILES string of the molecule is CCN(CC)C(=O)CN(C)C(=O)CC(C)(C)N. The first-order chi connectivity index (χ1) is 7.71. The minimum atomic E-state index is -0.538. The summed E-state index contributed by atoms with van der Waals surface area (Å²) in [5.74, 6) is -0.126. The highest BCUT2D eigenvalue weighted by atomic mass is 16.2. The van der Waals surface area contributed by atoms with E-state index < -0.39 is 5.54 Å². The van der Waals surface area contributed by atoms with Crippen LogP contribution in [0.25, 0.3) is 0 Å². The minimum absolute atomic E-state index is 0.0272. The van der Waals surface area contributed by atoms with Gasteiger partial charge in [0.05, 0.1) is 6.54 Å². The molecule has 0 fully saturated rings. The standard InChI is InChI=1S/C12H25N3O2/c1-6-15(7-2)11(17)9-14(5)10(16)8-12(3,4)13/h6-9,13H2,1-5H3. The lowest BCUT2D eigenvalue weighted by Crippen LogP contribution is -2.44. The van der Waals surface area contributed by atoms with Crippen LogP contribution >= 0.6 is 0 Å². The fourth-order valence-corrected chi connectivity index (χ4v) is 1.49. The van der Waals surface area contributed by atoms with E-state index >= 15 is 0 Å². The van der Waals surface area contributed by atoms with Gasteiger partial charge in [-0.2, -0.15) is 0 Å². The molecule has 0 heterocycles. The van der Waals surface area contributed by atoms with E-state index in [0.29, 0.717) is 13.1 Å². The van der Waals surface area contributed by atoms with Crippen LogP contribution in [0.4, 0.5) is 0 Å². The molecule has 2 amide bonds. The van der Waals surface area contributed by atoms with Gasteiger partial charge in [-0.05, 0) is 27.7 Å². The predicted octanol–water partition coefficient (Wildman–Crippen LogP) is 0.441. The van der Waals surface area contributed by atoms with Crippen molar-refractivity contribution in [2.45, 2.75) is 39.7 Å². The maximum atomic E-state index is 11.8. The van der Waals surface area contributed by atoms with Gasteiger partial charge in [0.15, 0.2) is 0 Å². The number of likely N-dealkylation sites (N-methyl/N-ethyl adjacent to an activating group) is 2. The Morgan fingerprint density at radius 3 is 1.94 bits per heavy atom. The van der Waals surface area contributed by atoms with Crippen LogP contribution in [-0.2, 0) is 9.59 Å². The fraction of sp³-hybridized carbons (Fsp3) is 0.833. The third-order valence-electron chi connectivity index (χ3n) is 2.52. The third-order valence-corrected chi connectivity index (χ3v) is 2.52. The smallest absolute Gasteiger partial charge is 0.242 e. The quantitative estimate of drug-likeness (QED) is 0.736. The van der Waals surface area contributed by atoms with E-state index in [2.05, 4.69) is 0 Å². The highest BCUT2D eigenvalue weighted by Crippen LogP contribution is 2.06. The molecule has 0 spiro atoms. The van der Waals surface area contributed by atoms with Crippen LogP contribution in [0, 0.1) is 0 Å². The van der Waals surface area contributed by atoms with Gasteiger partial charge in [0.1, 0.15) is 0 Å². The van der Waals surface area contributed by atoms with Crippen LogP contribution < -0.4 is 5.73 Å². The largest absolute Gasteiger partial charge is 0.342 e. The highest BCUT2D eigenvalue weighted by Gasteiger charge is 2.21. The molecule has 0 bridgehead atoms.